The van der Waals surface area contributed by atoms with Gasteiger partial charge in [0.25, 0.3) is 0 Å². The molecule has 2 nitrogen and oxygen atoms in total. The number of carbonyl (C=O) groups excluding carboxylic acids is 2. The van der Waals surface area contributed by atoms with Crippen molar-refractivity contribution in [1.82, 2.24) is 0 Å². The fourth-order valence-electron chi connectivity index (χ4n) is 5.95. The number of halogens is 1. The standard InChI is InChI=1S/C36H42IO2P/c1-29-30(2)36(39)31(28-35(29)38)20-12-7-5-3-4-6-8-19-27-40(37,32-21-13-9-14-22-32,33-23-15-10-16-24-33)34-25-17-11-18-26-34/h9-11,13-18,21-26,28H,3-8,12,19-20,27H2,1-2H3. The molecule has 0 aliphatic heterocycles. The zero-order valence-electron chi connectivity index (χ0n) is 24.0. The normalized spacial score (nSPS) is 15.1. The number of hydrogen-bond donors (Lipinski definition) is 0. The summed E-state index contributed by atoms with van der Waals surface area (Å²) in [7, 11) is 0. The van der Waals surface area contributed by atoms with Gasteiger partial charge in [0, 0.05) is 11.1 Å². The van der Waals surface area contributed by atoms with E-state index in [0.717, 1.165) is 19.3 Å². The third-order valence-electron chi connectivity index (χ3n) is 8.53. The average Bonchev–Trinajstić information content (AvgIpc) is 3.00. The van der Waals surface area contributed by atoms with Gasteiger partial charge in [0.15, 0.2) is 5.78 Å². The summed E-state index contributed by atoms with van der Waals surface area (Å²) in [5.41, 5.74) is 1.91. The molecule has 0 aromatic heterocycles. The topological polar surface area (TPSA) is 34.1 Å². The van der Waals surface area contributed by atoms with Crippen molar-refractivity contribution in [3.05, 3.63) is 114 Å². The van der Waals surface area contributed by atoms with E-state index in [1.54, 1.807) is 19.9 Å². The van der Waals surface area contributed by atoms with Crippen LogP contribution in [0.5, 0.6) is 0 Å². The molecular formula is C36H42IO2P. The molecule has 0 atom stereocenters. The third kappa shape index (κ3) is 6.58. The second kappa shape index (κ2) is 14.0. The Kier molecular flexibility index (Phi) is 10.7. The molecule has 0 saturated heterocycles. The molecule has 0 amide bonds. The van der Waals surface area contributed by atoms with E-state index in [4.69, 9.17) is 0 Å². The first-order valence-corrected chi connectivity index (χ1v) is 19.9. The number of Topliss-reactive ketones (excluding diaryl/α,β-unsaturated/α-hetero) is 1. The van der Waals surface area contributed by atoms with Gasteiger partial charge in [-0.05, 0) is 13.8 Å². The van der Waals surface area contributed by atoms with Crippen LogP contribution < -0.4 is 15.9 Å². The van der Waals surface area contributed by atoms with E-state index in [9.17, 15) is 9.59 Å². The van der Waals surface area contributed by atoms with Crippen molar-refractivity contribution in [3.8, 4) is 0 Å². The first-order chi connectivity index (χ1) is 19.4. The van der Waals surface area contributed by atoms with Crippen LogP contribution in [0, 0.1) is 0 Å². The van der Waals surface area contributed by atoms with Gasteiger partial charge in [0.2, 0.25) is 0 Å². The molecule has 0 N–H and O–H groups in total. The number of benzene rings is 3. The van der Waals surface area contributed by atoms with Crippen LogP contribution in [0.2, 0.25) is 0 Å². The number of carbonyl (C=O) groups is 2. The summed E-state index contributed by atoms with van der Waals surface area (Å²) in [5.74, 6) is 0.0603. The van der Waals surface area contributed by atoms with Gasteiger partial charge in [0.1, 0.15) is 0 Å². The van der Waals surface area contributed by atoms with Crippen LogP contribution in [0.1, 0.15) is 71.6 Å². The molecule has 4 heteroatoms. The number of allylic oxidation sites excluding steroid dienone is 4. The smallest absolute Gasteiger partial charge is 0.290 e. The second-order valence-corrected chi connectivity index (χ2v) is 21.9. The Morgan fingerprint density at radius 1 is 0.550 bits per heavy atom. The molecule has 3 aromatic carbocycles. The van der Waals surface area contributed by atoms with Crippen LogP contribution in [-0.4, -0.2) is 17.7 Å². The Hall–Kier alpha value is -2.36. The van der Waals surface area contributed by atoms with Crippen LogP contribution in [0.25, 0.3) is 0 Å². The Balaban J connectivity index is 1.31. The molecule has 40 heavy (non-hydrogen) atoms. The SMILES string of the molecule is CC1=C(C)C(=O)C(CCCCCCCCCCP(I)(c2ccccc2)(c2ccccc2)c2ccccc2)=CC1=O. The van der Waals surface area contributed by atoms with Gasteiger partial charge >= 0.3 is 215 Å². The maximum atomic E-state index is 12.4. The third-order valence-corrected chi connectivity index (χ3v) is 20.3. The van der Waals surface area contributed by atoms with Crippen LogP contribution in [0.3, 0.4) is 0 Å². The van der Waals surface area contributed by atoms with Gasteiger partial charge in [-0.2, -0.15) is 0 Å². The number of hydrogen-bond acceptors (Lipinski definition) is 2. The van der Waals surface area contributed by atoms with Gasteiger partial charge in [-0.3, -0.25) is 9.59 Å². The molecule has 0 bridgehead atoms. The molecule has 3 aromatic rings. The van der Waals surface area contributed by atoms with Gasteiger partial charge in [-0.1, -0.05) is 0 Å². The summed E-state index contributed by atoms with van der Waals surface area (Å²) in [6, 6.07) is 33.6. The Morgan fingerprint density at radius 2 is 0.950 bits per heavy atom. The first-order valence-electron chi connectivity index (χ1n) is 14.7. The first kappa shape index (κ1) is 30.6. The number of rotatable bonds is 14. The summed E-state index contributed by atoms with van der Waals surface area (Å²) in [6.45, 7) is 3.52. The Labute approximate surface area is 253 Å². The van der Waals surface area contributed by atoms with E-state index in [0.29, 0.717) is 16.7 Å². The predicted octanol–water partition coefficient (Wildman–Crippen LogP) is 8.79. The van der Waals surface area contributed by atoms with Crippen molar-refractivity contribution < 1.29 is 9.59 Å². The molecule has 0 spiro atoms. The summed E-state index contributed by atoms with van der Waals surface area (Å²) < 4.78 is -2.65. The second-order valence-electron chi connectivity index (χ2n) is 11.1. The molecule has 0 heterocycles. The van der Waals surface area contributed by atoms with Crippen LogP contribution in [0.15, 0.2) is 114 Å². The summed E-state index contributed by atoms with van der Waals surface area (Å²) in [6.07, 6.45) is 12.9. The van der Waals surface area contributed by atoms with Gasteiger partial charge in [-0.15, -0.1) is 0 Å². The van der Waals surface area contributed by atoms with E-state index >= 15 is 0 Å². The van der Waals surface area contributed by atoms with Crippen LogP contribution in [-0.2, 0) is 9.59 Å². The molecule has 0 unspecified atom stereocenters. The predicted molar refractivity (Wildman–Crippen MR) is 182 cm³/mol. The molecule has 0 fully saturated rings. The van der Waals surface area contributed by atoms with Crippen molar-refractivity contribution in [2.45, 2.75) is 71.6 Å². The minimum atomic E-state index is -2.65. The average molecular weight is 665 g/mol. The van der Waals surface area contributed by atoms with E-state index in [-0.39, 0.29) is 11.6 Å². The fourth-order valence-corrected chi connectivity index (χ4v) is 14.7. The Bertz CT molecular complexity index is 1260. The van der Waals surface area contributed by atoms with E-state index in [1.165, 1.54) is 60.6 Å². The van der Waals surface area contributed by atoms with Crippen molar-refractivity contribution in [2.24, 2.45) is 0 Å². The minimum Gasteiger partial charge on any atom is -0.290 e. The van der Waals surface area contributed by atoms with Gasteiger partial charge < -0.3 is 0 Å². The van der Waals surface area contributed by atoms with Crippen LogP contribution >= 0.6 is 26.3 Å². The molecule has 210 valence electrons. The molecule has 0 saturated carbocycles. The fraction of sp³-hybridized carbons (Fsp3) is 0.333. The van der Waals surface area contributed by atoms with Crippen molar-refractivity contribution in [2.75, 3.05) is 6.16 Å². The summed E-state index contributed by atoms with van der Waals surface area (Å²) in [4.78, 5) is 24.5. The van der Waals surface area contributed by atoms with Crippen molar-refractivity contribution >= 4 is 53.8 Å². The van der Waals surface area contributed by atoms with Gasteiger partial charge in [-0.25, -0.2) is 0 Å². The zero-order valence-corrected chi connectivity index (χ0v) is 27.0. The minimum absolute atomic E-state index is 0.000859. The maximum absolute atomic E-state index is 12.4. The summed E-state index contributed by atoms with van der Waals surface area (Å²) >= 11 is 2.89. The monoisotopic (exact) mass is 664 g/mol. The number of ketones is 2. The van der Waals surface area contributed by atoms with Crippen molar-refractivity contribution in [3.63, 3.8) is 0 Å². The van der Waals surface area contributed by atoms with Crippen LogP contribution in [0.4, 0.5) is 0 Å². The molecule has 1 aliphatic rings. The summed E-state index contributed by atoms with van der Waals surface area (Å²) in [5, 5.41) is 4.38. The molecule has 4 rings (SSSR count). The zero-order chi connectivity index (χ0) is 28.5. The molecule has 1 aliphatic carbocycles. The van der Waals surface area contributed by atoms with E-state index in [1.807, 2.05) is 0 Å². The van der Waals surface area contributed by atoms with E-state index < -0.39 is 4.25 Å². The molecule has 0 radical (unpaired) electrons. The Morgan fingerprint density at radius 3 is 1.40 bits per heavy atom. The number of unbranched alkanes of at least 4 members (excludes halogenated alkanes) is 7. The van der Waals surface area contributed by atoms with Crippen molar-refractivity contribution in [1.29, 1.82) is 0 Å². The van der Waals surface area contributed by atoms with E-state index in [2.05, 4.69) is 113 Å². The van der Waals surface area contributed by atoms with Gasteiger partial charge in [0.05, 0.1) is 0 Å². The quantitative estimate of drug-likeness (QED) is 0.0748. The molecular weight excluding hydrogens is 622 g/mol.